The van der Waals surface area contributed by atoms with Crippen LogP contribution in [0.3, 0.4) is 0 Å². The molecule has 0 aromatic heterocycles. The highest BCUT2D eigenvalue weighted by Gasteiger charge is 2.42. The molecular formula is C20H24ClFN4O2S. The van der Waals surface area contributed by atoms with E-state index in [1.807, 2.05) is 0 Å². The normalized spacial score (nSPS) is 24.0. The Morgan fingerprint density at radius 2 is 1.69 bits per heavy atom. The highest BCUT2D eigenvalue weighted by molar-refractivity contribution is 7.95. The molecule has 2 aliphatic rings. The predicted molar refractivity (Wildman–Crippen MR) is 115 cm³/mol. The third-order valence-electron chi connectivity index (χ3n) is 5.26. The molecule has 6 nitrogen and oxygen atoms in total. The van der Waals surface area contributed by atoms with Crippen molar-refractivity contribution in [1.29, 1.82) is 0 Å². The van der Waals surface area contributed by atoms with Gasteiger partial charge in [0.25, 0.3) is 0 Å². The fourth-order valence-electron chi connectivity index (χ4n) is 4.18. The molecule has 2 unspecified atom stereocenters. The zero-order chi connectivity index (χ0) is 20.8. The molecule has 2 heterocycles. The first-order chi connectivity index (χ1) is 13.8. The summed E-state index contributed by atoms with van der Waals surface area (Å²) in [5.41, 5.74) is 0.961. The number of halogens is 2. The van der Waals surface area contributed by atoms with E-state index in [9.17, 15) is 12.8 Å². The number of para-hydroxylation sites is 2. The van der Waals surface area contributed by atoms with E-state index in [4.69, 9.17) is 11.6 Å². The van der Waals surface area contributed by atoms with E-state index in [0.29, 0.717) is 36.5 Å². The first-order valence-corrected chi connectivity index (χ1v) is 11.4. The van der Waals surface area contributed by atoms with Crippen LogP contribution < -0.4 is 13.9 Å². The smallest absolute Gasteiger partial charge is 0.309 e. The SMILES string of the molecule is CC1CN(CCN2c3ccccc3N(c3ccc(Cl)cc3F)S2(=O)=O)CC(C)N1. The molecule has 29 heavy (non-hydrogen) atoms. The number of nitrogens with zero attached hydrogens (tertiary/aromatic N) is 3. The van der Waals surface area contributed by atoms with Crippen LogP contribution in [-0.4, -0.2) is 51.6 Å². The summed E-state index contributed by atoms with van der Waals surface area (Å²) >= 11 is 5.85. The van der Waals surface area contributed by atoms with E-state index >= 15 is 0 Å². The molecule has 1 saturated heterocycles. The summed E-state index contributed by atoms with van der Waals surface area (Å²) in [6.45, 7) is 6.85. The van der Waals surface area contributed by atoms with Crippen molar-refractivity contribution in [2.75, 3.05) is 34.8 Å². The summed E-state index contributed by atoms with van der Waals surface area (Å²) < 4.78 is 43.9. The minimum Gasteiger partial charge on any atom is -0.309 e. The molecule has 0 amide bonds. The van der Waals surface area contributed by atoms with Gasteiger partial charge in [-0.3, -0.25) is 4.90 Å². The second-order valence-electron chi connectivity index (χ2n) is 7.66. The van der Waals surface area contributed by atoms with Crippen molar-refractivity contribution >= 4 is 38.9 Å². The number of anilines is 3. The van der Waals surface area contributed by atoms with Gasteiger partial charge in [0.15, 0.2) is 0 Å². The van der Waals surface area contributed by atoms with Crippen LogP contribution in [0.5, 0.6) is 0 Å². The lowest BCUT2D eigenvalue weighted by Gasteiger charge is -2.36. The van der Waals surface area contributed by atoms with Gasteiger partial charge in [0.1, 0.15) is 5.82 Å². The second-order valence-corrected chi connectivity index (χ2v) is 9.80. The molecule has 0 radical (unpaired) electrons. The Bertz CT molecular complexity index is 1010. The molecule has 2 aromatic rings. The molecule has 2 aliphatic heterocycles. The fourth-order valence-corrected chi connectivity index (χ4v) is 6.06. The van der Waals surface area contributed by atoms with Gasteiger partial charge in [0.05, 0.1) is 17.1 Å². The number of nitrogens with one attached hydrogen (secondary N) is 1. The van der Waals surface area contributed by atoms with Crippen LogP contribution >= 0.6 is 11.6 Å². The molecule has 4 rings (SSSR count). The molecule has 0 spiro atoms. The van der Waals surface area contributed by atoms with Crippen molar-refractivity contribution in [2.24, 2.45) is 0 Å². The number of rotatable bonds is 4. The van der Waals surface area contributed by atoms with Crippen molar-refractivity contribution in [2.45, 2.75) is 25.9 Å². The fraction of sp³-hybridized carbons (Fsp3) is 0.400. The largest absolute Gasteiger partial charge is 0.331 e. The van der Waals surface area contributed by atoms with Gasteiger partial charge < -0.3 is 5.32 Å². The lowest BCUT2D eigenvalue weighted by atomic mass is 10.1. The van der Waals surface area contributed by atoms with Crippen LogP contribution in [-0.2, 0) is 10.2 Å². The van der Waals surface area contributed by atoms with Crippen molar-refractivity contribution in [3.63, 3.8) is 0 Å². The maximum Gasteiger partial charge on any atom is 0.331 e. The third-order valence-corrected chi connectivity index (χ3v) is 7.29. The first kappa shape index (κ1) is 20.4. The number of hydrogen-bond donors (Lipinski definition) is 1. The topological polar surface area (TPSA) is 55.9 Å². The molecule has 2 aromatic carbocycles. The summed E-state index contributed by atoms with van der Waals surface area (Å²) in [4.78, 5) is 2.26. The van der Waals surface area contributed by atoms with E-state index in [1.165, 1.54) is 16.4 Å². The van der Waals surface area contributed by atoms with Crippen molar-refractivity contribution < 1.29 is 12.8 Å². The number of fused-ring (bicyclic) bond motifs is 1. The minimum absolute atomic E-state index is 0.0335. The van der Waals surface area contributed by atoms with Crippen LogP contribution in [0.15, 0.2) is 42.5 Å². The van der Waals surface area contributed by atoms with Gasteiger partial charge in [0.2, 0.25) is 0 Å². The average Bonchev–Trinajstić information content (AvgIpc) is 2.86. The maximum absolute atomic E-state index is 14.6. The van der Waals surface area contributed by atoms with E-state index in [1.54, 1.807) is 24.3 Å². The zero-order valence-corrected chi connectivity index (χ0v) is 17.9. The predicted octanol–water partition coefficient (Wildman–Crippen LogP) is 3.36. The Hall–Kier alpha value is -1.87. The minimum atomic E-state index is -3.96. The summed E-state index contributed by atoms with van der Waals surface area (Å²) in [6.07, 6.45) is 0. The summed E-state index contributed by atoms with van der Waals surface area (Å²) in [5, 5.41) is 3.69. The lowest BCUT2D eigenvalue weighted by molar-refractivity contribution is 0.178. The Kier molecular flexibility index (Phi) is 5.46. The van der Waals surface area contributed by atoms with Crippen LogP contribution in [0.1, 0.15) is 13.8 Å². The van der Waals surface area contributed by atoms with E-state index in [0.717, 1.165) is 23.5 Å². The lowest BCUT2D eigenvalue weighted by Crippen LogP contribution is -2.55. The number of benzene rings is 2. The van der Waals surface area contributed by atoms with Crippen molar-refractivity contribution in [1.82, 2.24) is 10.2 Å². The van der Waals surface area contributed by atoms with E-state index in [2.05, 4.69) is 24.1 Å². The molecular weight excluding hydrogens is 415 g/mol. The summed E-state index contributed by atoms with van der Waals surface area (Å²) in [7, 11) is -3.96. The van der Waals surface area contributed by atoms with Gasteiger partial charge in [-0.1, -0.05) is 23.7 Å². The first-order valence-electron chi connectivity index (χ1n) is 9.63. The van der Waals surface area contributed by atoms with E-state index < -0.39 is 16.0 Å². The molecule has 1 fully saturated rings. The maximum atomic E-state index is 14.6. The molecule has 9 heteroatoms. The van der Waals surface area contributed by atoms with E-state index in [-0.39, 0.29) is 10.7 Å². The molecule has 0 saturated carbocycles. The standard InChI is InChI=1S/C20H24ClFN4O2S/c1-14-12-24(13-15(2)23-14)9-10-25-19-5-3-4-6-20(19)26(29(25,27)28)18-8-7-16(21)11-17(18)22/h3-8,11,14-15,23H,9-10,12-13H2,1-2H3. The summed E-state index contributed by atoms with van der Waals surface area (Å²) in [5.74, 6) is -0.678. The van der Waals surface area contributed by atoms with Gasteiger partial charge in [-0.15, -0.1) is 0 Å². The third kappa shape index (κ3) is 3.82. The molecule has 1 N–H and O–H groups in total. The second kappa shape index (κ2) is 7.75. The van der Waals surface area contributed by atoms with Gasteiger partial charge in [-0.2, -0.15) is 8.42 Å². The van der Waals surface area contributed by atoms with Crippen LogP contribution in [0.25, 0.3) is 0 Å². The monoisotopic (exact) mass is 438 g/mol. The van der Waals surface area contributed by atoms with Gasteiger partial charge >= 0.3 is 10.2 Å². The Morgan fingerprint density at radius 1 is 1.03 bits per heavy atom. The molecule has 156 valence electrons. The van der Waals surface area contributed by atoms with Crippen LogP contribution in [0.2, 0.25) is 5.02 Å². The Morgan fingerprint density at radius 3 is 2.34 bits per heavy atom. The number of piperazine rings is 1. The van der Waals surface area contributed by atoms with Gasteiger partial charge in [-0.05, 0) is 44.2 Å². The van der Waals surface area contributed by atoms with Crippen molar-refractivity contribution in [3.8, 4) is 0 Å². The Labute approximate surface area is 176 Å². The quantitative estimate of drug-likeness (QED) is 0.795. The summed E-state index contributed by atoms with van der Waals surface area (Å²) in [6, 6.07) is 11.7. The van der Waals surface area contributed by atoms with Crippen LogP contribution in [0, 0.1) is 5.82 Å². The van der Waals surface area contributed by atoms with Crippen molar-refractivity contribution in [3.05, 3.63) is 53.3 Å². The Balaban J connectivity index is 1.65. The highest BCUT2D eigenvalue weighted by atomic mass is 35.5. The molecule has 0 bridgehead atoms. The number of hydrogen-bond acceptors (Lipinski definition) is 4. The van der Waals surface area contributed by atoms with Crippen LogP contribution in [0.4, 0.5) is 21.5 Å². The highest BCUT2D eigenvalue weighted by Crippen LogP contribution is 2.45. The zero-order valence-electron chi connectivity index (χ0n) is 16.3. The average molecular weight is 439 g/mol. The van der Waals surface area contributed by atoms with Gasteiger partial charge in [-0.25, -0.2) is 13.0 Å². The van der Waals surface area contributed by atoms with Gasteiger partial charge in [0, 0.05) is 43.3 Å². The molecule has 0 aliphatic carbocycles. The molecule has 2 atom stereocenters.